The maximum Gasteiger partial charge on any atom is 0.334 e. The Balaban J connectivity index is 3.93. The van der Waals surface area contributed by atoms with Crippen molar-refractivity contribution in [2.45, 2.75) is 17.8 Å². The summed E-state index contributed by atoms with van der Waals surface area (Å²) in [4.78, 5) is 0. The van der Waals surface area contributed by atoms with Crippen LogP contribution in [0.5, 0.6) is 0 Å². The van der Waals surface area contributed by atoms with Gasteiger partial charge in [0.1, 0.15) is 5.50 Å². The number of halogens is 2. The lowest BCUT2D eigenvalue weighted by Gasteiger charge is -2.09. The summed E-state index contributed by atoms with van der Waals surface area (Å²) in [6, 6.07) is 0. The van der Waals surface area contributed by atoms with Crippen molar-refractivity contribution in [2.24, 2.45) is 0 Å². The Hall–Kier alpha value is 0.450. The van der Waals surface area contributed by atoms with Gasteiger partial charge in [0.25, 0.3) is 0 Å². The van der Waals surface area contributed by atoms with Gasteiger partial charge in [-0.2, -0.15) is 13.1 Å². The molecule has 7 heteroatoms. The zero-order valence-electron chi connectivity index (χ0n) is 5.08. The number of alkyl halides is 2. The molecule has 0 aliphatic rings. The molecule has 2 unspecified atom stereocenters. The fourth-order valence-corrected chi connectivity index (χ4v) is 1.20. The lowest BCUT2D eigenvalue weighted by Crippen LogP contribution is -2.35. The molecule has 0 bridgehead atoms. The highest BCUT2D eigenvalue weighted by Gasteiger charge is 2.16. The number of nitrogens with one attached hydrogen (secondary N) is 1. The first-order valence-electron chi connectivity index (χ1n) is 2.36. The van der Waals surface area contributed by atoms with Crippen molar-refractivity contribution >= 4 is 33.5 Å². The minimum Gasteiger partial charge on any atom is -0.273 e. The van der Waals surface area contributed by atoms with Gasteiger partial charge in [-0.3, -0.25) is 4.55 Å². The summed E-state index contributed by atoms with van der Waals surface area (Å²) in [5.74, 6) is 0. The number of rotatable bonds is 3. The first-order valence-corrected chi connectivity index (χ1v) is 4.67. The third kappa shape index (κ3) is 5.25. The highest BCUT2D eigenvalue weighted by molar-refractivity contribution is 7.83. The standard InChI is InChI=1S/C3H7Cl2NO3S/c1-2(4)3(5)6-10(7,8)9/h2-3,6H,1H3,(H,7,8,9). The first-order chi connectivity index (χ1) is 4.33. The zero-order valence-corrected chi connectivity index (χ0v) is 7.41. The van der Waals surface area contributed by atoms with Crippen molar-refractivity contribution in [3.63, 3.8) is 0 Å². The molecular formula is C3H7Cl2NO3S. The van der Waals surface area contributed by atoms with Crippen LogP contribution in [0.1, 0.15) is 6.92 Å². The summed E-state index contributed by atoms with van der Waals surface area (Å²) in [6.07, 6.45) is 0. The Morgan fingerprint density at radius 3 is 2.00 bits per heavy atom. The largest absolute Gasteiger partial charge is 0.334 e. The molecule has 4 nitrogen and oxygen atoms in total. The normalized spacial score (nSPS) is 18.4. The fraction of sp³-hybridized carbons (Fsp3) is 1.00. The van der Waals surface area contributed by atoms with E-state index >= 15 is 0 Å². The van der Waals surface area contributed by atoms with Crippen LogP contribution in [-0.2, 0) is 10.3 Å². The lowest BCUT2D eigenvalue weighted by atomic mass is 10.5. The molecule has 0 saturated carbocycles. The van der Waals surface area contributed by atoms with Gasteiger partial charge >= 0.3 is 10.3 Å². The quantitative estimate of drug-likeness (QED) is 0.404. The van der Waals surface area contributed by atoms with Crippen molar-refractivity contribution in [2.75, 3.05) is 0 Å². The molecule has 0 spiro atoms. The Bertz CT molecular complexity index is 190. The molecule has 0 aliphatic carbocycles. The predicted octanol–water partition coefficient (Wildman–Crippen LogP) is 0.571. The monoisotopic (exact) mass is 207 g/mol. The van der Waals surface area contributed by atoms with Gasteiger partial charge in [-0.25, -0.2) is 0 Å². The van der Waals surface area contributed by atoms with E-state index in [0.29, 0.717) is 0 Å². The molecule has 0 aromatic rings. The Kier molecular flexibility index (Phi) is 3.90. The molecule has 0 rings (SSSR count). The second-order valence-electron chi connectivity index (χ2n) is 1.67. The molecule has 0 heterocycles. The van der Waals surface area contributed by atoms with Gasteiger partial charge in [-0.1, -0.05) is 0 Å². The molecule has 0 aliphatic heterocycles. The van der Waals surface area contributed by atoms with E-state index in [1.54, 1.807) is 4.72 Å². The van der Waals surface area contributed by atoms with Crippen LogP contribution in [0, 0.1) is 0 Å². The second kappa shape index (κ2) is 3.73. The fourth-order valence-electron chi connectivity index (χ4n) is 0.236. The average Bonchev–Trinajstić information content (AvgIpc) is 1.60. The second-order valence-corrected chi connectivity index (χ2v) is 4.02. The summed E-state index contributed by atoms with van der Waals surface area (Å²) < 4.78 is 29.9. The van der Waals surface area contributed by atoms with Crippen LogP contribution in [0.2, 0.25) is 0 Å². The van der Waals surface area contributed by atoms with Gasteiger partial charge in [-0.15, -0.1) is 23.2 Å². The van der Waals surface area contributed by atoms with Crippen molar-refractivity contribution in [1.29, 1.82) is 0 Å². The van der Waals surface area contributed by atoms with Gasteiger partial charge in [0, 0.05) is 0 Å². The van der Waals surface area contributed by atoms with Crippen LogP contribution in [-0.4, -0.2) is 23.8 Å². The summed E-state index contributed by atoms with van der Waals surface area (Å²) in [5.41, 5.74) is -0.989. The van der Waals surface area contributed by atoms with Crippen LogP contribution in [0.15, 0.2) is 0 Å². The third-order valence-corrected chi connectivity index (χ3v) is 2.21. The summed E-state index contributed by atoms with van der Waals surface area (Å²) in [5, 5.41) is -0.580. The van der Waals surface area contributed by atoms with E-state index in [4.69, 9.17) is 27.8 Å². The number of hydrogen-bond acceptors (Lipinski definition) is 2. The van der Waals surface area contributed by atoms with Crippen molar-refractivity contribution < 1.29 is 13.0 Å². The molecule has 0 radical (unpaired) electrons. The van der Waals surface area contributed by atoms with E-state index in [9.17, 15) is 8.42 Å². The summed E-state index contributed by atoms with van der Waals surface area (Å²) >= 11 is 10.7. The highest BCUT2D eigenvalue weighted by atomic mass is 35.5. The SMILES string of the molecule is CC(Cl)C(Cl)NS(=O)(=O)O. The predicted molar refractivity (Wildman–Crippen MR) is 39.6 cm³/mol. The van der Waals surface area contributed by atoms with E-state index in [2.05, 4.69) is 0 Å². The highest BCUT2D eigenvalue weighted by Crippen LogP contribution is 2.06. The van der Waals surface area contributed by atoms with E-state index in [1.165, 1.54) is 6.92 Å². The Labute approximate surface area is 69.4 Å². The molecule has 2 atom stereocenters. The molecule has 0 saturated heterocycles. The maximum atomic E-state index is 10.0. The van der Waals surface area contributed by atoms with Gasteiger partial charge in [0.05, 0.1) is 5.38 Å². The zero-order chi connectivity index (χ0) is 8.36. The van der Waals surface area contributed by atoms with Crippen LogP contribution in [0.25, 0.3) is 0 Å². The Morgan fingerprint density at radius 2 is 1.90 bits per heavy atom. The third-order valence-electron chi connectivity index (χ3n) is 0.665. The number of hydrogen-bond donors (Lipinski definition) is 2. The van der Waals surface area contributed by atoms with Crippen LogP contribution < -0.4 is 4.72 Å². The molecule has 0 aromatic carbocycles. The van der Waals surface area contributed by atoms with E-state index in [0.717, 1.165) is 0 Å². The van der Waals surface area contributed by atoms with Crippen LogP contribution >= 0.6 is 23.2 Å². The van der Waals surface area contributed by atoms with Crippen LogP contribution in [0.3, 0.4) is 0 Å². The van der Waals surface area contributed by atoms with Crippen molar-refractivity contribution in [3.8, 4) is 0 Å². The van der Waals surface area contributed by atoms with Crippen molar-refractivity contribution in [1.82, 2.24) is 4.72 Å². The molecule has 62 valence electrons. The van der Waals surface area contributed by atoms with E-state index in [-0.39, 0.29) is 0 Å². The molecule has 0 aromatic heterocycles. The van der Waals surface area contributed by atoms with Gasteiger partial charge in [0.2, 0.25) is 0 Å². The summed E-state index contributed by atoms with van der Waals surface area (Å²) in [6.45, 7) is 1.50. The average molecular weight is 208 g/mol. The molecule has 2 N–H and O–H groups in total. The topological polar surface area (TPSA) is 66.4 Å². The van der Waals surface area contributed by atoms with Gasteiger partial charge in [-0.05, 0) is 6.92 Å². The molecule has 10 heavy (non-hydrogen) atoms. The molecule has 0 fully saturated rings. The maximum absolute atomic E-state index is 10.0. The Morgan fingerprint density at radius 1 is 1.50 bits per heavy atom. The van der Waals surface area contributed by atoms with Crippen LogP contribution in [0.4, 0.5) is 0 Å². The molecule has 0 amide bonds. The lowest BCUT2D eigenvalue weighted by molar-refractivity contribution is 0.464. The van der Waals surface area contributed by atoms with Gasteiger partial charge in [0.15, 0.2) is 0 Å². The van der Waals surface area contributed by atoms with E-state index in [1.807, 2.05) is 0 Å². The minimum absolute atomic E-state index is 0.580. The van der Waals surface area contributed by atoms with E-state index < -0.39 is 21.2 Å². The first kappa shape index (κ1) is 10.4. The smallest absolute Gasteiger partial charge is 0.273 e. The minimum atomic E-state index is -4.23. The van der Waals surface area contributed by atoms with Crippen molar-refractivity contribution in [3.05, 3.63) is 0 Å². The summed E-state index contributed by atoms with van der Waals surface area (Å²) in [7, 11) is -4.23. The molecular weight excluding hydrogens is 201 g/mol. The van der Waals surface area contributed by atoms with Gasteiger partial charge < -0.3 is 0 Å².